The molecule has 0 saturated heterocycles. The van der Waals surface area contributed by atoms with E-state index in [4.69, 9.17) is 22.9 Å². The summed E-state index contributed by atoms with van der Waals surface area (Å²) in [5.74, 6) is 0.0565. The van der Waals surface area contributed by atoms with Crippen molar-refractivity contribution in [3.63, 3.8) is 0 Å². The maximum absolute atomic E-state index is 6.39. The van der Waals surface area contributed by atoms with Gasteiger partial charge in [-0.1, -0.05) is 72.8 Å². The largest absolute Gasteiger partial charge is 0.398 e. The van der Waals surface area contributed by atoms with E-state index in [1.165, 1.54) is 33.4 Å². The van der Waals surface area contributed by atoms with Crippen LogP contribution < -0.4 is 22.9 Å². The van der Waals surface area contributed by atoms with Crippen molar-refractivity contribution in [3.05, 3.63) is 151 Å². The van der Waals surface area contributed by atoms with Gasteiger partial charge in [-0.25, -0.2) is 0 Å². The lowest BCUT2D eigenvalue weighted by molar-refractivity contribution is 0.942. The van der Waals surface area contributed by atoms with Crippen molar-refractivity contribution in [3.8, 4) is 0 Å². The summed E-state index contributed by atoms with van der Waals surface area (Å²) in [6.07, 6.45) is 0. The monoisotopic (exact) mass is 582 g/mol. The van der Waals surface area contributed by atoms with E-state index in [1.807, 2.05) is 0 Å². The van der Waals surface area contributed by atoms with E-state index in [2.05, 4.69) is 128 Å². The molecule has 0 fully saturated rings. The zero-order valence-corrected chi connectivity index (χ0v) is 27.4. The van der Waals surface area contributed by atoms with Crippen LogP contribution in [0.3, 0.4) is 0 Å². The number of nitrogen functional groups attached to an aromatic ring is 4. The Morgan fingerprint density at radius 3 is 0.614 bits per heavy atom. The number of hydrogen-bond donors (Lipinski definition) is 4. The summed E-state index contributed by atoms with van der Waals surface area (Å²) in [7, 11) is 0. The molecule has 0 aromatic heterocycles. The second-order valence-corrected chi connectivity index (χ2v) is 12.8. The lowest BCUT2D eigenvalue weighted by Gasteiger charge is -2.25. The molecule has 4 nitrogen and oxygen atoms in total. The van der Waals surface area contributed by atoms with Crippen LogP contribution in [0.15, 0.2) is 72.8 Å². The molecule has 0 saturated carbocycles. The van der Waals surface area contributed by atoms with Crippen LogP contribution in [0.25, 0.3) is 0 Å². The smallest absolute Gasteiger partial charge is 0.0373 e. The Hall–Kier alpha value is -4.70. The molecule has 0 aliphatic heterocycles. The van der Waals surface area contributed by atoms with E-state index in [0.29, 0.717) is 0 Å². The zero-order valence-electron chi connectivity index (χ0n) is 27.4. The molecule has 8 N–H and O–H groups in total. The van der Waals surface area contributed by atoms with Crippen LogP contribution >= 0.6 is 0 Å². The van der Waals surface area contributed by atoms with E-state index < -0.39 is 0 Å². The van der Waals surface area contributed by atoms with Crippen LogP contribution in [0.4, 0.5) is 22.7 Å². The van der Waals surface area contributed by atoms with Gasteiger partial charge in [0.2, 0.25) is 0 Å². The van der Waals surface area contributed by atoms with Gasteiger partial charge in [-0.05, 0) is 133 Å². The Morgan fingerprint density at radius 2 is 0.455 bits per heavy atom. The fourth-order valence-corrected chi connectivity index (χ4v) is 6.73. The standard InChI is InChI=1S/C40H46N4/c1-21-13-31(14-22(2)37(21)41)35(32-15-23(3)38(42)24(4)16-32)29-9-11-30(12-10-29)36(33-17-25(5)39(43)26(6)18-33)34-19-27(7)40(44)28(8)20-34/h9-20,35-36H,41-44H2,1-8H3. The summed E-state index contributed by atoms with van der Waals surface area (Å²) < 4.78 is 0. The molecule has 0 aliphatic rings. The average Bonchev–Trinajstić information content (AvgIpc) is 2.97. The van der Waals surface area contributed by atoms with Gasteiger partial charge in [-0.15, -0.1) is 0 Å². The predicted molar refractivity (Wildman–Crippen MR) is 190 cm³/mol. The number of benzene rings is 5. The molecular weight excluding hydrogens is 536 g/mol. The molecule has 5 rings (SSSR count). The van der Waals surface area contributed by atoms with Crippen molar-refractivity contribution in [2.24, 2.45) is 0 Å². The summed E-state index contributed by atoms with van der Waals surface area (Å²) in [5, 5.41) is 0. The molecule has 0 amide bonds. The first-order chi connectivity index (χ1) is 20.8. The first-order valence-electron chi connectivity index (χ1n) is 15.3. The third kappa shape index (κ3) is 5.65. The SMILES string of the molecule is Cc1cc(C(c2ccc(C(c3cc(C)c(N)c(C)c3)c3cc(C)c(N)c(C)c3)cc2)c2cc(C)c(N)c(C)c2)cc(C)c1N. The molecule has 226 valence electrons. The van der Waals surface area contributed by atoms with Gasteiger partial charge in [-0.2, -0.15) is 0 Å². The van der Waals surface area contributed by atoms with Gasteiger partial charge in [0.15, 0.2) is 0 Å². The van der Waals surface area contributed by atoms with Crippen molar-refractivity contribution in [2.75, 3.05) is 22.9 Å². The lowest BCUT2D eigenvalue weighted by atomic mass is 9.79. The molecule has 5 aromatic rings. The molecular formula is C40H46N4. The third-order valence-corrected chi connectivity index (χ3v) is 9.40. The second kappa shape index (κ2) is 11.8. The molecule has 0 spiro atoms. The summed E-state index contributed by atoms with van der Waals surface area (Å²) in [5.41, 5.74) is 45.0. The Balaban J connectivity index is 1.70. The van der Waals surface area contributed by atoms with Crippen LogP contribution in [-0.4, -0.2) is 0 Å². The van der Waals surface area contributed by atoms with Crippen molar-refractivity contribution in [1.29, 1.82) is 0 Å². The summed E-state index contributed by atoms with van der Waals surface area (Å²) in [6, 6.07) is 26.9. The van der Waals surface area contributed by atoms with Gasteiger partial charge < -0.3 is 22.9 Å². The van der Waals surface area contributed by atoms with E-state index >= 15 is 0 Å². The van der Waals surface area contributed by atoms with E-state index in [-0.39, 0.29) is 11.8 Å². The minimum Gasteiger partial charge on any atom is -0.398 e. The second-order valence-electron chi connectivity index (χ2n) is 12.8. The summed E-state index contributed by atoms with van der Waals surface area (Å²) in [6.45, 7) is 16.7. The maximum atomic E-state index is 6.39. The van der Waals surface area contributed by atoms with Crippen LogP contribution in [-0.2, 0) is 0 Å². The van der Waals surface area contributed by atoms with Gasteiger partial charge in [0.25, 0.3) is 0 Å². The van der Waals surface area contributed by atoms with Crippen LogP contribution in [0, 0.1) is 55.4 Å². The Kier molecular flexibility index (Phi) is 8.22. The minimum absolute atomic E-state index is 0.0283. The number of aryl methyl sites for hydroxylation is 8. The highest BCUT2D eigenvalue weighted by atomic mass is 14.6. The zero-order chi connectivity index (χ0) is 32.0. The molecule has 44 heavy (non-hydrogen) atoms. The number of hydrogen-bond acceptors (Lipinski definition) is 4. The molecule has 5 aromatic carbocycles. The van der Waals surface area contributed by atoms with Gasteiger partial charge in [-0.3, -0.25) is 0 Å². The average molecular weight is 583 g/mol. The quantitative estimate of drug-likeness (QED) is 0.119. The molecule has 0 radical (unpaired) electrons. The Morgan fingerprint density at radius 1 is 0.295 bits per heavy atom. The highest BCUT2D eigenvalue weighted by Gasteiger charge is 2.23. The number of rotatable bonds is 6. The van der Waals surface area contributed by atoms with Crippen LogP contribution in [0.5, 0.6) is 0 Å². The summed E-state index contributed by atoms with van der Waals surface area (Å²) >= 11 is 0. The van der Waals surface area contributed by atoms with Gasteiger partial charge >= 0.3 is 0 Å². The molecule has 4 heteroatoms. The summed E-state index contributed by atoms with van der Waals surface area (Å²) in [4.78, 5) is 0. The highest BCUT2D eigenvalue weighted by Crippen LogP contribution is 2.40. The normalized spacial score (nSPS) is 11.5. The highest BCUT2D eigenvalue weighted by molar-refractivity contribution is 5.63. The third-order valence-electron chi connectivity index (χ3n) is 9.40. The van der Waals surface area contributed by atoms with Gasteiger partial charge in [0.1, 0.15) is 0 Å². The number of nitrogens with two attached hydrogens (primary N) is 4. The van der Waals surface area contributed by atoms with Crippen molar-refractivity contribution >= 4 is 22.7 Å². The number of anilines is 4. The molecule has 0 aliphatic carbocycles. The fraction of sp³-hybridized carbons (Fsp3) is 0.250. The van der Waals surface area contributed by atoms with Crippen molar-refractivity contribution < 1.29 is 0 Å². The predicted octanol–water partition coefficient (Wildman–Crippen LogP) is 8.84. The molecule has 0 unspecified atom stereocenters. The first kappa shape index (κ1) is 30.7. The molecule has 0 heterocycles. The molecule has 0 atom stereocenters. The molecule has 0 bridgehead atoms. The van der Waals surface area contributed by atoms with Gasteiger partial charge in [0, 0.05) is 34.6 Å². The minimum atomic E-state index is 0.0283. The van der Waals surface area contributed by atoms with E-state index in [0.717, 1.165) is 67.3 Å². The van der Waals surface area contributed by atoms with Crippen LogP contribution in [0.1, 0.15) is 89.7 Å². The topological polar surface area (TPSA) is 104 Å². The first-order valence-corrected chi connectivity index (χ1v) is 15.3. The Labute approximate surface area is 263 Å². The maximum Gasteiger partial charge on any atom is 0.0373 e. The van der Waals surface area contributed by atoms with E-state index in [1.54, 1.807) is 0 Å². The van der Waals surface area contributed by atoms with Crippen molar-refractivity contribution in [1.82, 2.24) is 0 Å². The van der Waals surface area contributed by atoms with E-state index in [9.17, 15) is 0 Å². The van der Waals surface area contributed by atoms with Crippen molar-refractivity contribution in [2.45, 2.75) is 67.2 Å². The lowest BCUT2D eigenvalue weighted by Crippen LogP contribution is -2.10. The fourth-order valence-electron chi connectivity index (χ4n) is 6.73. The van der Waals surface area contributed by atoms with Gasteiger partial charge in [0.05, 0.1) is 0 Å². The van der Waals surface area contributed by atoms with Crippen LogP contribution in [0.2, 0.25) is 0 Å². The Bertz CT molecular complexity index is 1540.